The molecule has 0 aliphatic rings. The summed E-state index contributed by atoms with van der Waals surface area (Å²) in [5.74, 6) is -2.58. The van der Waals surface area contributed by atoms with Crippen molar-refractivity contribution >= 4 is 16.0 Å². The zero-order valence-corrected chi connectivity index (χ0v) is 12.7. The molecule has 22 heavy (non-hydrogen) atoms. The van der Waals surface area contributed by atoms with Gasteiger partial charge in [-0.05, 0) is 17.5 Å². The van der Waals surface area contributed by atoms with Crippen LogP contribution in [0.3, 0.4) is 0 Å². The smallest absolute Gasteiger partial charge is 0.416 e. The van der Waals surface area contributed by atoms with Crippen LogP contribution < -0.4 is 4.72 Å². The number of sulfonamides is 1. The summed E-state index contributed by atoms with van der Waals surface area (Å²) in [5.41, 5.74) is -1.03. The molecule has 0 unspecified atom stereocenters. The molecule has 0 saturated heterocycles. The van der Waals surface area contributed by atoms with Crippen molar-refractivity contribution < 1.29 is 31.5 Å². The van der Waals surface area contributed by atoms with Crippen molar-refractivity contribution in [1.82, 2.24) is 4.72 Å². The minimum atomic E-state index is -4.57. The van der Waals surface area contributed by atoms with Gasteiger partial charge < -0.3 is 5.11 Å². The number of carbonyl (C=O) groups is 1. The average molecular weight is 339 g/mol. The summed E-state index contributed by atoms with van der Waals surface area (Å²) in [6.45, 7) is 3.04. The second-order valence-corrected chi connectivity index (χ2v) is 6.89. The highest BCUT2D eigenvalue weighted by molar-refractivity contribution is 7.88. The SMILES string of the molecule is CC(C)[C@H](NS(=O)(=O)Cc1cccc(C(F)(F)F)c1)C(=O)O. The van der Waals surface area contributed by atoms with Crippen molar-refractivity contribution in [2.45, 2.75) is 31.8 Å². The van der Waals surface area contributed by atoms with Gasteiger partial charge in [0.25, 0.3) is 0 Å². The molecule has 0 aromatic heterocycles. The largest absolute Gasteiger partial charge is 0.480 e. The molecule has 124 valence electrons. The Hall–Kier alpha value is -1.61. The average Bonchev–Trinajstić information content (AvgIpc) is 2.34. The Bertz CT molecular complexity index is 641. The maximum atomic E-state index is 12.6. The number of hydrogen-bond donors (Lipinski definition) is 2. The molecular weight excluding hydrogens is 323 g/mol. The third-order valence-corrected chi connectivity index (χ3v) is 4.18. The lowest BCUT2D eigenvalue weighted by Crippen LogP contribution is -2.44. The number of halogens is 3. The first kappa shape index (κ1) is 18.4. The number of carboxylic acid groups (broad SMARTS) is 1. The minimum absolute atomic E-state index is 0.0739. The van der Waals surface area contributed by atoms with Crippen LogP contribution in [0.2, 0.25) is 0 Å². The number of rotatable bonds is 6. The van der Waals surface area contributed by atoms with E-state index in [2.05, 4.69) is 0 Å². The first-order valence-corrected chi connectivity index (χ1v) is 7.96. The van der Waals surface area contributed by atoms with Crippen molar-refractivity contribution in [1.29, 1.82) is 0 Å². The van der Waals surface area contributed by atoms with E-state index in [9.17, 15) is 26.4 Å². The molecule has 0 bridgehead atoms. The van der Waals surface area contributed by atoms with Gasteiger partial charge in [-0.2, -0.15) is 13.2 Å². The van der Waals surface area contributed by atoms with Crippen molar-refractivity contribution in [3.8, 4) is 0 Å². The Kier molecular flexibility index (Phi) is 5.58. The van der Waals surface area contributed by atoms with Crippen LogP contribution in [-0.4, -0.2) is 25.5 Å². The molecule has 0 spiro atoms. The standard InChI is InChI=1S/C13H16F3NO4S/c1-8(2)11(12(18)19)17-22(20,21)7-9-4-3-5-10(6-9)13(14,15)16/h3-6,8,11,17H,7H2,1-2H3,(H,18,19)/t11-/m0/s1. The monoisotopic (exact) mass is 339 g/mol. The normalized spacial score (nSPS) is 14.1. The fraction of sp³-hybridized carbons (Fsp3) is 0.462. The van der Waals surface area contributed by atoms with Gasteiger partial charge in [-0.15, -0.1) is 0 Å². The maximum absolute atomic E-state index is 12.6. The lowest BCUT2D eigenvalue weighted by atomic mass is 10.1. The van der Waals surface area contributed by atoms with Crippen LogP contribution in [0, 0.1) is 5.92 Å². The topological polar surface area (TPSA) is 83.5 Å². The summed E-state index contributed by atoms with van der Waals surface area (Å²) in [6, 6.07) is 2.56. The maximum Gasteiger partial charge on any atom is 0.416 e. The van der Waals surface area contributed by atoms with E-state index in [1.807, 2.05) is 4.72 Å². The molecule has 0 aliphatic heterocycles. The molecule has 2 N–H and O–H groups in total. The van der Waals surface area contributed by atoms with E-state index in [0.29, 0.717) is 0 Å². The quantitative estimate of drug-likeness (QED) is 0.832. The lowest BCUT2D eigenvalue weighted by Gasteiger charge is -2.18. The molecule has 1 rings (SSSR count). The molecule has 0 aliphatic carbocycles. The van der Waals surface area contributed by atoms with Crippen molar-refractivity contribution in [3.63, 3.8) is 0 Å². The highest BCUT2D eigenvalue weighted by Gasteiger charge is 2.31. The summed E-state index contributed by atoms with van der Waals surface area (Å²) in [7, 11) is -4.08. The van der Waals surface area contributed by atoms with Gasteiger partial charge >= 0.3 is 12.1 Å². The van der Waals surface area contributed by atoms with Gasteiger partial charge in [0, 0.05) is 0 Å². The Labute approximate surface area is 126 Å². The highest BCUT2D eigenvalue weighted by Crippen LogP contribution is 2.29. The lowest BCUT2D eigenvalue weighted by molar-refractivity contribution is -0.140. The summed E-state index contributed by atoms with van der Waals surface area (Å²) >= 11 is 0. The summed E-state index contributed by atoms with van der Waals surface area (Å²) in [6.07, 6.45) is -4.57. The Morgan fingerprint density at radius 3 is 2.36 bits per heavy atom. The molecule has 0 amide bonds. The van der Waals surface area contributed by atoms with Gasteiger partial charge in [-0.3, -0.25) is 4.79 Å². The third kappa shape index (κ3) is 5.30. The van der Waals surface area contributed by atoms with Gasteiger partial charge in [-0.1, -0.05) is 32.0 Å². The van der Waals surface area contributed by atoms with E-state index < -0.39 is 45.4 Å². The molecule has 1 atom stereocenters. The minimum Gasteiger partial charge on any atom is -0.480 e. The van der Waals surface area contributed by atoms with Crippen LogP contribution in [0.5, 0.6) is 0 Å². The Balaban J connectivity index is 2.96. The van der Waals surface area contributed by atoms with Gasteiger partial charge in [-0.25, -0.2) is 13.1 Å². The number of benzene rings is 1. The predicted octanol–water partition coefficient (Wildman–Crippen LogP) is 2.23. The van der Waals surface area contributed by atoms with Crippen molar-refractivity contribution in [2.24, 2.45) is 5.92 Å². The third-order valence-electron chi connectivity index (χ3n) is 2.85. The zero-order valence-electron chi connectivity index (χ0n) is 11.9. The van der Waals surface area contributed by atoms with E-state index in [4.69, 9.17) is 5.11 Å². The van der Waals surface area contributed by atoms with E-state index in [-0.39, 0.29) is 5.56 Å². The fourth-order valence-corrected chi connectivity index (χ4v) is 3.23. The summed E-state index contributed by atoms with van der Waals surface area (Å²) in [4.78, 5) is 11.0. The number of alkyl halides is 3. The van der Waals surface area contributed by atoms with E-state index in [0.717, 1.165) is 18.2 Å². The van der Waals surface area contributed by atoms with Crippen LogP contribution >= 0.6 is 0 Å². The Morgan fingerprint density at radius 2 is 1.91 bits per heavy atom. The van der Waals surface area contributed by atoms with E-state index in [1.54, 1.807) is 0 Å². The molecule has 0 fully saturated rings. The van der Waals surface area contributed by atoms with Crippen LogP contribution in [0.15, 0.2) is 24.3 Å². The fourth-order valence-electron chi connectivity index (χ4n) is 1.76. The first-order chi connectivity index (χ1) is 9.92. The zero-order chi connectivity index (χ0) is 17.1. The second-order valence-electron chi connectivity index (χ2n) is 5.13. The Morgan fingerprint density at radius 1 is 1.32 bits per heavy atom. The predicted molar refractivity (Wildman–Crippen MR) is 73.5 cm³/mol. The number of carboxylic acids is 1. The molecule has 0 radical (unpaired) electrons. The molecule has 0 saturated carbocycles. The van der Waals surface area contributed by atoms with Crippen LogP contribution in [0.1, 0.15) is 25.0 Å². The number of nitrogens with one attached hydrogen (secondary N) is 1. The molecule has 1 aromatic rings. The molecule has 0 heterocycles. The van der Waals surface area contributed by atoms with Crippen molar-refractivity contribution in [2.75, 3.05) is 0 Å². The van der Waals surface area contributed by atoms with Gasteiger partial charge in [0.2, 0.25) is 10.0 Å². The van der Waals surface area contributed by atoms with E-state index >= 15 is 0 Å². The molecule has 9 heteroatoms. The number of aliphatic carboxylic acids is 1. The molecular formula is C13H16F3NO4S. The highest BCUT2D eigenvalue weighted by atomic mass is 32.2. The van der Waals surface area contributed by atoms with E-state index in [1.165, 1.54) is 19.9 Å². The van der Waals surface area contributed by atoms with Gasteiger partial charge in [0.15, 0.2) is 0 Å². The van der Waals surface area contributed by atoms with Crippen LogP contribution in [0.25, 0.3) is 0 Å². The summed E-state index contributed by atoms with van der Waals surface area (Å²) < 4.78 is 63.6. The molecule has 5 nitrogen and oxygen atoms in total. The van der Waals surface area contributed by atoms with Crippen molar-refractivity contribution in [3.05, 3.63) is 35.4 Å². The van der Waals surface area contributed by atoms with Crippen LogP contribution in [0.4, 0.5) is 13.2 Å². The number of hydrogen-bond acceptors (Lipinski definition) is 3. The first-order valence-electron chi connectivity index (χ1n) is 6.31. The second kappa shape index (κ2) is 6.66. The van der Waals surface area contributed by atoms with Gasteiger partial charge in [0.1, 0.15) is 6.04 Å². The molecule has 1 aromatic carbocycles. The summed E-state index contributed by atoms with van der Waals surface area (Å²) in [5, 5.41) is 8.95. The van der Waals surface area contributed by atoms with Crippen LogP contribution in [-0.2, 0) is 26.7 Å². The van der Waals surface area contributed by atoms with Gasteiger partial charge in [0.05, 0.1) is 11.3 Å².